The number of para-hydroxylation sites is 1. The fourth-order valence-corrected chi connectivity index (χ4v) is 1.54. The van der Waals surface area contributed by atoms with E-state index in [1.165, 1.54) is 18.4 Å². The second-order valence-electron chi connectivity index (χ2n) is 3.75. The summed E-state index contributed by atoms with van der Waals surface area (Å²) in [5.74, 6) is -0.874. The molecular formula is C13H11NO4. The SMILES string of the molecule is Cc1cc(C(=O)Nc2ccccc2C(=O)O)co1. The van der Waals surface area contributed by atoms with Crippen molar-refractivity contribution in [2.45, 2.75) is 6.92 Å². The van der Waals surface area contributed by atoms with Gasteiger partial charge in [0.15, 0.2) is 0 Å². The van der Waals surface area contributed by atoms with Crippen LogP contribution in [0.1, 0.15) is 26.5 Å². The number of furan rings is 1. The Bertz CT molecular complexity index is 601. The maximum atomic E-state index is 11.8. The lowest BCUT2D eigenvalue weighted by atomic mass is 10.1. The molecule has 18 heavy (non-hydrogen) atoms. The number of benzene rings is 1. The van der Waals surface area contributed by atoms with Crippen LogP contribution >= 0.6 is 0 Å². The van der Waals surface area contributed by atoms with Crippen LogP contribution in [-0.4, -0.2) is 17.0 Å². The van der Waals surface area contributed by atoms with Gasteiger partial charge in [-0.1, -0.05) is 12.1 Å². The van der Waals surface area contributed by atoms with Crippen LogP contribution < -0.4 is 5.32 Å². The van der Waals surface area contributed by atoms with E-state index in [2.05, 4.69) is 5.32 Å². The van der Waals surface area contributed by atoms with Crippen molar-refractivity contribution in [1.82, 2.24) is 0 Å². The van der Waals surface area contributed by atoms with E-state index in [1.54, 1.807) is 25.1 Å². The fraction of sp³-hybridized carbons (Fsp3) is 0.0769. The van der Waals surface area contributed by atoms with Crippen LogP contribution in [0.2, 0.25) is 0 Å². The Hall–Kier alpha value is -2.56. The van der Waals surface area contributed by atoms with Gasteiger partial charge in [-0.05, 0) is 25.1 Å². The Kier molecular flexibility index (Phi) is 3.14. The molecule has 0 fully saturated rings. The van der Waals surface area contributed by atoms with Crippen molar-refractivity contribution < 1.29 is 19.1 Å². The topological polar surface area (TPSA) is 79.5 Å². The van der Waals surface area contributed by atoms with Crippen LogP contribution in [0, 0.1) is 6.92 Å². The smallest absolute Gasteiger partial charge is 0.337 e. The van der Waals surface area contributed by atoms with Crippen molar-refractivity contribution in [3.05, 3.63) is 53.5 Å². The Morgan fingerprint density at radius 1 is 1.28 bits per heavy atom. The van der Waals surface area contributed by atoms with E-state index < -0.39 is 11.9 Å². The lowest BCUT2D eigenvalue weighted by molar-refractivity contribution is 0.0698. The zero-order chi connectivity index (χ0) is 13.1. The second kappa shape index (κ2) is 4.75. The molecule has 5 nitrogen and oxygen atoms in total. The van der Waals surface area contributed by atoms with E-state index in [9.17, 15) is 9.59 Å². The first-order valence-corrected chi connectivity index (χ1v) is 5.27. The van der Waals surface area contributed by atoms with Gasteiger partial charge in [-0.25, -0.2) is 4.79 Å². The molecule has 0 saturated heterocycles. The van der Waals surface area contributed by atoms with Crippen molar-refractivity contribution in [3.8, 4) is 0 Å². The molecule has 0 bridgehead atoms. The quantitative estimate of drug-likeness (QED) is 0.870. The van der Waals surface area contributed by atoms with Gasteiger partial charge in [0, 0.05) is 0 Å². The van der Waals surface area contributed by atoms with Crippen molar-refractivity contribution in [2.24, 2.45) is 0 Å². The van der Waals surface area contributed by atoms with Crippen LogP contribution in [0.4, 0.5) is 5.69 Å². The summed E-state index contributed by atoms with van der Waals surface area (Å²) in [5, 5.41) is 11.5. The van der Waals surface area contributed by atoms with E-state index in [1.807, 2.05) is 0 Å². The van der Waals surface area contributed by atoms with Gasteiger partial charge in [-0.15, -0.1) is 0 Å². The van der Waals surface area contributed by atoms with Crippen molar-refractivity contribution in [2.75, 3.05) is 5.32 Å². The number of amides is 1. The third-order valence-corrected chi connectivity index (χ3v) is 2.40. The molecule has 2 rings (SSSR count). The summed E-state index contributed by atoms with van der Waals surface area (Å²) in [6.07, 6.45) is 1.33. The lowest BCUT2D eigenvalue weighted by Gasteiger charge is -2.06. The number of hydrogen-bond acceptors (Lipinski definition) is 3. The zero-order valence-corrected chi connectivity index (χ0v) is 9.64. The maximum Gasteiger partial charge on any atom is 0.337 e. The predicted octanol–water partition coefficient (Wildman–Crippen LogP) is 2.54. The molecule has 2 aromatic rings. The Balaban J connectivity index is 2.24. The molecule has 0 aliphatic carbocycles. The summed E-state index contributed by atoms with van der Waals surface area (Å²) in [4.78, 5) is 22.8. The summed E-state index contributed by atoms with van der Waals surface area (Å²) in [5.41, 5.74) is 0.660. The molecule has 1 aromatic heterocycles. The van der Waals surface area contributed by atoms with E-state index in [4.69, 9.17) is 9.52 Å². The third kappa shape index (κ3) is 2.40. The summed E-state index contributed by atoms with van der Waals surface area (Å²) in [7, 11) is 0. The average molecular weight is 245 g/mol. The normalized spacial score (nSPS) is 10.1. The molecule has 0 saturated carbocycles. The van der Waals surface area contributed by atoms with Crippen molar-refractivity contribution >= 4 is 17.6 Å². The highest BCUT2D eigenvalue weighted by molar-refractivity contribution is 6.07. The molecule has 1 heterocycles. The second-order valence-corrected chi connectivity index (χ2v) is 3.75. The highest BCUT2D eigenvalue weighted by Crippen LogP contribution is 2.16. The molecule has 0 aliphatic heterocycles. The Labute approximate surface area is 103 Å². The number of aryl methyl sites for hydroxylation is 1. The summed E-state index contributed by atoms with van der Waals surface area (Å²) in [6, 6.07) is 7.80. The van der Waals surface area contributed by atoms with Crippen LogP contribution in [-0.2, 0) is 0 Å². The number of aromatic carboxylic acids is 1. The molecule has 0 spiro atoms. The number of carbonyl (C=O) groups is 2. The predicted molar refractivity (Wildman–Crippen MR) is 64.8 cm³/mol. The number of hydrogen-bond donors (Lipinski definition) is 2. The Morgan fingerprint density at radius 3 is 2.61 bits per heavy atom. The monoisotopic (exact) mass is 245 g/mol. The van der Waals surface area contributed by atoms with Crippen molar-refractivity contribution in [3.63, 3.8) is 0 Å². The van der Waals surface area contributed by atoms with E-state index in [-0.39, 0.29) is 11.3 Å². The lowest BCUT2D eigenvalue weighted by Crippen LogP contribution is -2.14. The summed E-state index contributed by atoms with van der Waals surface area (Å²) >= 11 is 0. The molecule has 0 atom stereocenters. The number of carboxylic acids is 1. The molecule has 1 amide bonds. The van der Waals surface area contributed by atoms with Gasteiger partial charge in [0.2, 0.25) is 0 Å². The van der Waals surface area contributed by atoms with Crippen molar-refractivity contribution in [1.29, 1.82) is 0 Å². The first-order valence-electron chi connectivity index (χ1n) is 5.27. The number of rotatable bonds is 3. The molecule has 0 radical (unpaired) electrons. The number of carbonyl (C=O) groups excluding carboxylic acids is 1. The highest BCUT2D eigenvalue weighted by atomic mass is 16.4. The minimum Gasteiger partial charge on any atom is -0.478 e. The first-order chi connectivity index (χ1) is 8.58. The van der Waals surface area contributed by atoms with Gasteiger partial charge in [-0.2, -0.15) is 0 Å². The minimum absolute atomic E-state index is 0.0473. The average Bonchev–Trinajstić information content (AvgIpc) is 2.76. The van der Waals surface area contributed by atoms with Crippen LogP contribution in [0.25, 0.3) is 0 Å². The standard InChI is InChI=1S/C13H11NO4/c1-8-6-9(7-18-8)12(15)14-11-5-3-2-4-10(11)13(16)17/h2-7H,1H3,(H,14,15)(H,16,17). The van der Waals surface area contributed by atoms with Gasteiger partial charge in [0.05, 0.1) is 16.8 Å². The third-order valence-electron chi connectivity index (χ3n) is 2.40. The maximum absolute atomic E-state index is 11.8. The highest BCUT2D eigenvalue weighted by Gasteiger charge is 2.14. The molecule has 0 aliphatic rings. The molecule has 92 valence electrons. The minimum atomic E-state index is -1.09. The van der Waals surface area contributed by atoms with Gasteiger partial charge in [0.1, 0.15) is 12.0 Å². The summed E-state index contributed by atoms with van der Waals surface area (Å²) in [6.45, 7) is 1.72. The van der Waals surface area contributed by atoms with Gasteiger partial charge >= 0.3 is 5.97 Å². The molecule has 0 unspecified atom stereocenters. The summed E-state index contributed by atoms with van der Waals surface area (Å²) < 4.78 is 5.02. The number of nitrogens with one attached hydrogen (secondary N) is 1. The van der Waals surface area contributed by atoms with Crippen LogP contribution in [0.3, 0.4) is 0 Å². The van der Waals surface area contributed by atoms with E-state index >= 15 is 0 Å². The molecule has 1 aromatic carbocycles. The largest absolute Gasteiger partial charge is 0.478 e. The van der Waals surface area contributed by atoms with Crippen LogP contribution in [0.5, 0.6) is 0 Å². The molecule has 2 N–H and O–H groups in total. The van der Waals surface area contributed by atoms with Gasteiger partial charge in [-0.3, -0.25) is 4.79 Å². The van der Waals surface area contributed by atoms with E-state index in [0.717, 1.165) is 0 Å². The van der Waals surface area contributed by atoms with E-state index in [0.29, 0.717) is 11.3 Å². The van der Waals surface area contributed by atoms with Crippen LogP contribution in [0.15, 0.2) is 41.0 Å². The molecular weight excluding hydrogens is 234 g/mol. The first kappa shape index (κ1) is 11.9. The van der Waals surface area contributed by atoms with Gasteiger partial charge < -0.3 is 14.8 Å². The molecule has 5 heteroatoms. The number of carboxylic acid groups (broad SMARTS) is 1. The Morgan fingerprint density at radius 2 is 2.00 bits per heavy atom. The van der Waals surface area contributed by atoms with Gasteiger partial charge in [0.25, 0.3) is 5.91 Å². The fourth-order valence-electron chi connectivity index (χ4n) is 1.54. The number of anilines is 1. The zero-order valence-electron chi connectivity index (χ0n) is 9.64.